The van der Waals surface area contributed by atoms with Crippen LogP contribution in [0.3, 0.4) is 0 Å². The van der Waals surface area contributed by atoms with Crippen LogP contribution in [0, 0.1) is 0 Å². The lowest BCUT2D eigenvalue weighted by molar-refractivity contribution is -0.126. The Balaban J connectivity index is 1.46. The average Bonchev–Trinajstić information content (AvgIpc) is 3.35. The number of urea groups is 1. The van der Waals surface area contributed by atoms with Gasteiger partial charge in [-0.15, -0.1) is 0 Å². The van der Waals surface area contributed by atoms with Gasteiger partial charge < -0.3 is 14.7 Å². The molecule has 3 heterocycles. The number of hydrogen-bond acceptors (Lipinski definition) is 5. The number of likely N-dealkylation sites (tertiary alicyclic amines) is 1. The van der Waals surface area contributed by atoms with Crippen molar-refractivity contribution in [1.29, 1.82) is 0 Å². The zero-order valence-corrected chi connectivity index (χ0v) is 13.3. The number of amides is 4. The van der Waals surface area contributed by atoms with E-state index in [1.807, 2.05) is 30.3 Å². The third-order valence-electron chi connectivity index (χ3n) is 4.48. The van der Waals surface area contributed by atoms with Crippen molar-refractivity contribution in [3.8, 4) is 11.3 Å². The Morgan fingerprint density at radius 1 is 1.24 bits per heavy atom. The molecule has 8 heteroatoms. The summed E-state index contributed by atoms with van der Waals surface area (Å²) in [6.07, 6.45) is 0.564. The monoisotopic (exact) mass is 340 g/mol. The van der Waals surface area contributed by atoms with Gasteiger partial charge in [-0.2, -0.15) is 0 Å². The van der Waals surface area contributed by atoms with Gasteiger partial charge in [0.2, 0.25) is 5.91 Å². The van der Waals surface area contributed by atoms with E-state index in [-0.39, 0.29) is 30.1 Å². The van der Waals surface area contributed by atoms with E-state index in [0.29, 0.717) is 25.3 Å². The van der Waals surface area contributed by atoms with Gasteiger partial charge in [-0.05, 0) is 6.42 Å². The minimum Gasteiger partial charge on any atom is -0.355 e. The zero-order chi connectivity index (χ0) is 17.4. The lowest BCUT2D eigenvalue weighted by atomic mass is 10.1. The fraction of sp³-hybridized carbons (Fsp3) is 0.294. The van der Waals surface area contributed by atoms with Crippen LogP contribution >= 0.6 is 0 Å². The molecule has 0 radical (unpaired) electrons. The molecule has 0 bridgehead atoms. The van der Waals surface area contributed by atoms with Gasteiger partial charge in [-0.1, -0.05) is 35.5 Å². The molecule has 4 amide bonds. The summed E-state index contributed by atoms with van der Waals surface area (Å²) in [6.45, 7) is 0.798. The maximum Gasteiger partial charge on any atom is 0.324 e. The molecule has 0 unspecified atom stereocenters. The molecule has 1 aromatic heterocycles. The van der Waals surface area contributed by atoms with Crippen LogP contribution in [-0.2, 0) is 4.79 Å². The van der Waals surface area contributed by atoms with Crippen molar-refractivity contribution < 1.29 is 18.9 Å². The molecular formula is C17H16N4O4. The van der Waals surface area contributed by atoms with Gasteiger partial charge in [-0.25, -0.2) is 4.79 Å². The number of nitrogens with zero attached hydrogens (tertiary/aromatic N) is 3. The summed E-state index contributed by atoms with van der Waals surface area (Å²) in [5.41, 5.74) is 1.06. The Morgan fingerprint density at radius 3 is 2.76 bits per heavy atom. The summed E-state index contributed by atoms with van der Waals surface area (Å²) < 4.78 is 5.27. The summed E-state index contributed by atoms with van der Waals surface area (Å²) >= 11 is 0. The molecule has 2 aliphatic heterocycles. The molecule has 0 saturated carbocycles. The lowest BCUT2D eigenvalue weighted by Gasteiger charge is -2.21. The van der Waals surface area contributed by atoms with Gasteiger partial charge in [0, 0.05) is 24.7 Å². The largest absolute Gasteiger partial charge is 0.355 e. The van der Waals surface area contributed by atoms with Crippen LogP contribution in [0.5, 0.6) is 0 Å². The SMILES string of the molecule is O=C(c1cc(-c2ccccc2)on1)N1CC[C@H](N2C(=O)CNC2=O)C1. The van der Waals surface area contributed by atoms with Crippen LogP contribution in [0.15, 0.2) is 40.9 Å². The van der Waals surface area contributed by atoms with Crippen molar-refractivity contribution in [3.05, 3.63) is 42.1 Å². The van der Waals surface area contributed by atoms with Crippen molar-refractivity contribution in [2.75, 3.05) is 19.6 Å². The number of rotatable bonds is 3. The molecule has 128 valence electrons. The molecule has 0 spiro atoms. The van der Waals surface area contributed by atoms with E-state index in [4.69, 9.17) is 4.52 Å². The first-order valence-corrected chi connectivity index (χ1v) is 8.05. The van der Waals surface area contributed by atoms with Crippen LogP contribution in [0.25, 0.3) is 11.3 Å². The fourth-order valence-corrected chi connectivity index (χ4v) is 3.22. The minimum atomic E-state index is -0.392. The molecule has 2 fully saturated rings. The van der Waals surface area contributed by atoms with E-state index in [9.17, 15) is 14.4 Å². The van der Waals surface area contributed by atoms with E-state index in [1.165, 1.54) is 4.90 Å². The normalized spacial score (nSPS) is 20.2. The maximum absolute atomic E-state index is 12.6. The first kappa shape index (κ1) is 15.4. The zero-order valence-electron chi connectivity index (χ0n) is 13.3. The molecule has 2 aromatic rings. The molecule has 2 aliphatic rings. The number of imide groups is 1. The second-order valence-electron chi connectivity index (χ2n) is 6.06. The molecule has 8 nitrogen and oxygen atoms in total. The molecule has 4 rings (SSSR count). The number of carbonyl (C=O) groups is 3. The summed E-state index contributed by atoms with van der Waals surface area (Å²) in [6, 6.07) is 10.3. The van der Waals surface area contributed by atoms with Gasteiger partial charge in [0.15, 0.2) is 11.5 Å². The molecular weight excluding hydrogens is 324 g/mol. The summed E-state index contributed by atoms with van der Waals surface area (Å²) in [7, 11) is 0. The minimum absolute atomic E-state index is 0.0208. The standard InChI is InChI=1S/C17H16N4O4/c22-15-9-18-17(24)21(15)12-6-7-20(10-12)16(23)13-8-14(25-19-13)11-4-2-1-3-5-11/h1-5,8,12H,6-7,9-10H2,(H,18,24)/t12-/m0/s1. The Kier molecular flexibility index (Phi) is 3.72. The highest BCUT2D eigenvalue weighted by molar-refractivity contribution is 6.02. The van der Waals surface area contributed by atoms with Gasteiger partial charge >= 0.3 is 6.03 Å². The second kappa shape index (κ2) is 6.04. The highest BCUT2D eigenvalue weighted by atomic mass is 16.5. The predicted molar refractivity (Wildman–Crippen MR) is 86.5 cm³/mol. The van der Waals surface area contributed by atoms with Crippen LogP contribution in [0.4, 0.5) is 4.79 Å². The van der Waals surface area contributed by atoms with Gasteiger partial charge in [-0.3, -0.25) is 14.5 Å². The van der Waals surface area contributed by atoms with E-state index in [1.54, 1.807) is 11.0 Å². The van der Waals surface area contributed by atoms with Gasteiger partial charge in [0.1, 0.15) is 0 Å². The number of nitrogens with one attached hydrogen (secondary N) is 1. The number of aromatic nitrogens is 1. The molecule has 1 aromatic carbocycles. The van der Waals surface area contributed by atoms with E-state index in [0.717, 1.165) is 5.56 Å². The smallest absolute Gasteiger partial charge is 0.324 e. The quantitative estimate of drug-likeness (QED) is 0.845. The third-order valence-corrected chi connectivity index (χ3v) is 4.48. The molecule has 2 saturated heterocycles. The fourth-order valence-electron chi connectivity index (χ4n) is 3.22. The summed E-state index contributed by atoms with van der Waals surface area (Å²) in [4.78, 5) is 39.0. The van der Waals surface area contributed by atoms with Crippen LogP contribution < -0.4 is 5.32 Å². The van der Waals surface area contributed by atoms with E-state index >= 15 is 0 Å². The second-order valence-corrected chi connectivity index (χ2v) is 6.06. The first-order valence-electron chi connectivity index (χ1n) is 8.05. The van der Waals surface area contributed by atoms with Crippen molar-refractivity contribution in [2.24, 2.45) is 0 Å². The van der Waals surface area contributed by atoms with Crippen molar-refractivity contribution in [1.82, 2.24) is 20.3 Å². The number of benzene rings is 1. The molecule has 1 atom stereocenters. The first-order chi connectivity index (χ1) is 12.1. The van der Waals surface area contributed by atoms with Crippen LogP contribution in [0.2, 0.25) is 0 Å². The Labute approximate surface area is 143 Å². The van der Waals surface area contributed by atoms with Crippen molar-refractivity contribution in [3.63, 3.8) is 0 Å². The van der Waals surface area contributed by atoms with Crippen LogP contribution in [0.1, 0.15) is 16.9 Å². The third kappa shape index (κ3) is 2.75. The summed E-state index contributed by atoms with van der Waals surface area (Å²) in [5, 5.41) is 6.36. The highest BCUT2D eigenvalue weighted by Crippen LogP contribution is 2.23. The van der Waals surface area contributed by atoms with Crippen molar-refractivity contribution in [2.45, 2.75) is 12.5 Å². The highest BCUT2D eigenvalue weighted by Gasteiger charge is 2.40. The molecule has 0 aliphatic carbocycles. The van der Waals surface area contributed by atoms with Crippen molar-refractivity contribution >= 4 is 17.8 Å². The maximum atomic E-state index is 12.6. The topological polar surface area (TPSA) is 95.8 Å². The average molecular weight is 340 g/mol. The summed E-state index contributed by atoms with van der Waals surface area (Å²) in [5.74, 6) is 0.00591. The van der Waals surface area contributed by atoms with E-state index < -0.39 is 6.03 Å². The van der Waals surface area contributed by atoms with Crippen LogP contribution in [-0.4, -0.2) is 58.5 Å². The lowest BCUT2D eigenvalue weighted by Crippen LogP contribution is -2.42. The van der Waals surface area contributed by atoms with Gasteiger partial charge in [0.05, 0.1) is 12.6 Å². The number of carbonyl (C=O) groups excluding carboxylic acids is 3. The predicted octanol–water partition coefficient (Wildman–Crippen LogP) is 1.11. The Bertz CT molecular complexity index is 816. The van der Waals surface area contributed by atoms with E-state index in [2.05, 4.69) is 10.5 Å². The Morgan fingerprint density at radius 2 is 2.04 bits per heavy atom. The molecule has 25 heavy (non-hydrogen) atoms. The molecule has 1 N–H and O–H groups in total. The van der Waals surface area contributed by atoms with Gasteiger partial charge in [0.25, 0.3) is 5.91 Å². The number of hydrogen-bond donors (Lipinski definition) is 1. The Hall–Kier alpha value is -3.16.